The van der Waals surface area contributed by atoms with Crippen molar-refractivity contribution in [2.45, 2.75) is 50.6 Å². The predicted molar refractivity (Wildman–Crippen MR) is 74.6 cm³/mol. The predicted octanol–water partition coefficient (Wildman–Crippen LogP) is 2.65. The molecule has 102 valence electrons. The summed E-state index contributed by atoms with van der Waals surface area (Å²) in [6, 6.07) is 0. The van der Waals surface area contributed by atoms with Crippen LogP contribution in [0.5, 0.6) is 0 Å². The zero-order valence-corrected chi connectivity index (χ0v) is 12.3. The molecule has 0 aromatic heterocycles. The molecule has 3 nitrogen and oxygen atoms in total. The molecular formula is C13H27NO2S. The van der Waals surface area contributed by atoms with Crippen molar-refractivity contribution in [1.29, 1.82) is 0 Å². The maximum Gasteiger partial charge on any atom is 0.158 e. The van der Waals surface area contributed by atoms with Crippen LogP contribution in [0, 0.1) is 0 Å². The van der Waals surface area contributed by atoms with E-state index in [0.717, 1.165) is 32.7 Å². The van der Waals surface area contributed by atoms with Crippen LogP contribution < -0.4 is 5.32 Å². The number of hydrogen-bond acceptors (Lipinski definition) is 4. The molecule has 1 aliphatic carbocycles. The second-order valence-corrected chi connectivity index (χ2v) is 5.82. The van der Waals surface area contributed by atoms with E-state index in [1.807, 2.05) is 25.6 Å². The first kappa shape index (κ1) is 15.3. The first-order valence-corrected chi connectivity index (χ1v) is 7.98. The second kappa shape index (κ2) is 8.35. The summed E-state index contributed by atoms with van der Waals surface area (Å²) in [5.74, 6) is 0. The van der Waals surface area contributed by atoms with E-state index in [4.69, 9.17) is 9.47 Å². The van der Waals surface area contributed by atoms with Gasteiger partial charge in [-0.3, -0.25) is 0 Å². The summed E-state index contributed by atoms with van der Waals surface area (Å²) < 4.78 is 11.5. The first-order valence-electron chi connectivity index (χ1n) is 6.75. The Bertz CT molecular complexity index is 186. The van der Waals surface area contributed by atoms with E-state index in [2.05, 4.69) is 11.6 Å². The van der Waals surface area contributed by atoms with E-state index in [1.165, 1.54) is 19.3 Å². The molecule has 1 N–H and O–H groups in total. The third-order valence-electron chi connectivity index (χ3n) is 3.41. The second-order valence-electron chi connectivity index (χ2n) is 4.55. The van der Waals surface area contributed by atoms with Crippen molar-refractivity contribution in [2.75, 3.05) is 32.6 Å². The Kier molecular flexibility index (Phi) is 7.51. The molecule has 0 bridgehead atoms. The molecule has 4 heteroatoms. The van der Waals surface area contributed by atoms with Gasteiger partial charge in [0.15, 0.2) is 6.29 Å². The van der Waals surface area contributed by atoms with Crippen LogP contribution >= 0.6 is 11.8 Å². The lowest BCUT2D eigenvalue weighted by Crippen LogP contribution is -2.44. The summed E-state index contributed by atoms with van der Waals surface area (Å²) in [6.07, 6.45) is 7.24. The van der Waals surface area contributed by atoms with Gasteiger partial charge in [-0.05, 0) is 32.9 Å². The molecule has 0 radical (unpaired) electrons. The van der Waals surface area contributed by atoms with Gasteiger partial charge < -0.3 is 14.8 Å². The molecule has 0 unspecified atom stereocenters. The molecule has 0 heterocycles. The summed E-state index contributed by atoms with van der Waals surface area (Å²) in [5.41, 5.74) is 0. The maximum absolute atomic E-state index is 5.51. The standard InChI is InChI=1S/C13H27NO2S/c1-4-15-12(16-5-2)7-10-14-11-13(17-3)8-6-9-13/h12,14H,4-11H2,1-3H3. The number of hydrogen-bond donors (Lipinski definition) is 1. The lowest BCUT2D eigenvalue weighted by Gasteiger charge is -2.40. The Morgan fingerprint density at radius 3 is 2.29 bits per heavy atom. The maximum atomic E-state index is 5.51. The average Bonchev–Trinajstić information content (AvgIpc) is 2.27. The minimum absolute atomic E-state index is 0.0379. The highest BCUT2D eigenvalue weighted by Crippen LogP contribution is 2.42. The van der Waals surface area contributed by atoms with Crippen LogP contribution in [0.1, 0.15) is 39.5 Å². The largest absolute Gasteiger partial charge is 0.353 e. The highest BCUT2D eigenvalue weighted by molar-refractivity contribution is 8.00. The highest BCUT2D eigenvalue weighted by atomic mass is 32.2. The molecule has 1 fully saturated rings. The lowest BCUT2D eigenvalue weighted by molar-refractivity contribution is -0.138. The molecule has 17 heavy (non-hydrogen) atoms. The molecule has 0 spiro atoms. The molecule has 0 aliphatic heterocycles. The van der Waals surface area contributed by atoms with Crippen LogP contribution in [-0.4, -0.2) is 43.6 Å². The Balaban J connectivity index is 2.08. The Hall–Kier alpha value is 0.230. The van der Waals surface area contributed by atoms with E-state index >= 15 is 0 Å². The lowest BCUT2D eigenvalue weighted by atomic mass is 9.84. The van der Waals surface area contributed by atoms with Gasteiger partial charge in [-0.1, -0.05) is 6.42 Å². The summed E-state index contributed by atoms with van der Waals surface area (Å²) >= 11 is 2.01. The Labute approximate surface area is 110 Å². The number of rotatable bonds is 10. The van der Waals surface area contributed by atoms with E-state index < -0.39 is 0 Å². The van der Waals surface area contributed by atoms with E-state index in [-0.39, 0.29) is 6.29 Å². The molecule has 1 saturated carbocycles. The fraction of sp³-hybridized carbons (Fsp3) is 1.00. The van der Waals surface area contributed by atoms with Crippen molar-refractivity contribution >= 4 is 11.8 Å². The molecule has 0 aromatic carbocycles. The van der Waals surface area contributed by atoms with Crippen LogP contribution in [-0.2, 0) is 9.47 Å². The van der Waals surface area contributed by atoms with Gasteiger partial charge in [-0.2, -0.15) is 11.8 Å². The van der Waals surface area contributed by atoms with Crippen molar-refractivity contribution in [3.8, 4) is 0 Å². The van der Waals surface area contributed by atoms with Crippen LogP contribution in [0.4, 0.5) is 0 Å². The Morgan fingerprint density at radius 2 is 1.88 bits per heavy atom. The summed E-state index contributed by atoms with van der Waals surface area (Å²) in [4.78, 5) is 0. The average molecular weight is 261 g/mol. The summed E-state index contributed by atoms with van der Waals surface area (Å²) in [6.45, 7) is 7.57. The summed E-state index contributed by atoms with van der Waals surface area (Å²) in [5, 5.41) is 3.55. The Morgan fingerprint density at radius 1 is 1.24 bits per heavy atom. The van der Waals surface area contributed by atoms with E-state index in [0.29, 0.717) is 4.75 Å². The van der Waals surface area contributed by atoms with Crippen LogP contribution in [0.3, 0.4) is 0 Å². The monoisotopic (exact) mass is 261 g/mol. The van der Waals surface area contributed by atoms with Gasteiger partial charge in [0.2, 0.25) is 0 Å². The number of thioether (sulfide) groups is 1. The van der Waals surface area contributed by atoms with Gasteiger partial charge in [-0.25, -0.2) is 0 Å². The molecule has 0 saturated heterocycles. The summed E-state index contributed by atoms with van der Waals surface area (Å²) in [7, 11) is 0. The minimum Gasteiger partial charge on any atom is -0.353 e. The fourth-order valence-corrected chi connectivity index (χ4v) is 3.09. The first-order chi connectivity index (χ1) is 8.26. The molecule has 0 aromatic rings. The quantitative estimate of drug-likeness (QED) is 0.484. The van der Waals surface area contributed by atoms with Gasteiger partial charge in [0.1, 0.15) is 0 Å². The third-order valence-corrected chi connectivity index (χ3v) is 4.83. The highest BCUT2D eigenvalue weighted by Gasteiger charge is 2.35. The van der Waals surface area contributed by atoms with Crippen molar-refractivity contribution < 1.29 is 9.47 Å². The zero-order chi connectivity index (χ0) is 12.6. The van der Waals surface area contributed by atoms with E-state index in [1.54, 1.807) is 0 Å². The normalized spacial score (nSPS) is 18.4. The molecule has 0 amide bonds. The minimum atomic E-state index is -0.0379. The molecular weight excluding hydrogens is 234 g/mol. The van der Waals surface area contributed by atoms with Crippen molar-refractivity contribution in [1.82, 2.24) is 5.32 Å². The van der Waals surface area contributed by atoms with Crippen molar-refractivity contribution in [3.05, 3.63) is 0 Å². The number of ether oxygens (including phenoxy) is 2. The molecule has 0 atom stereocenters. The van der Waals surface area contributed by atoms with Crippen molar-refractivity contribution in [3.63, 3.8) is 0 Å². The van der Waals surface area contributed by atoms with Gasteiger partial charge in [-0.15, -0.1) is 0 Å². The SMILES string of the molecule is CCOC(CCNCC1(SC)CCC1)OCC. The van der Waals surface area contributed by atoms with Gasteiger partial charge in [0.25, 0.3) is 0 Å². The molecule has 1 rings (SSSR count). The van der Waals surface area contributed by atoms with E-state index in [9.17, 15) is 0 Å². The topological polar surface area (TPSA) is 30.5 Å². The van der Waals surface area contributed by atoms with Crippen LogP contribution in [0.15, 0.2) is 0 Å². The van der Waals surface area contributed by atoms with Crippen LogP contribution in [0.25, 0.3) is 0 Å². The zero-order valence-electron chi connectivity index (χ0n) is 11.5. The van der Waals surface area contributed by atoms with Gasteiger partial charge in [0.05, 0.1) is 0 Å². The number of nitrogens with one attached hydrogen (secondary N) is 1. The smallest absolute Gasteiger partial charge is 0.158 e. The van der Waals surface area contributed by atoms with Crippen LogP contribution in [0.2, 0.25) is 0 Å². The van der Waals surface area contributed by atoms with Crippen molar-refractivity contribution in [2.24, 2.45) is 0 Å². The third kappa shape index (κ3) is 5.16. The molecule has 1 aliphatic rings. The van der Waals surface area contributed by atoms with Gasteiger partial charge >= 0.3 is 0 Å². The fourth-order valence-electron chi connectivity index (χ4n) is 2.15. The van der Waals surface area contributed by atoms with Gasteiger partial charge in [0, 0.05) is 37.5 Å².